The zero-order chi connectivity index (χ0) is 11.3. The molecule has 0 aromatic heterocycles. The lowest BCUT2D eigenvalue weighted by molar-refractivity contribution is -0.142. The molecule has 14 heavy (non-hydrogen) atoms. The Morgan fingerprint density at radius 2 is 1.21 bits per heavy atom. The van der Waals surface area contributed by atoms with Crippen molar-refractivity contribution >= 4 is 0 Å². The summed E-state index contributed by atoms with van der Waals surface area (Å²) in [6.45, 7) is 13.2. The first-order valence-electron chi connectivity index (χ1n) is 5.55. The molecule has 0 amide bonds. The Bertz CT molecular complexity index is 200. The predicted octanol–water partition coefficient (Wildman–Crippen LogP) is 2.12. The summed E-state index contributed by atoms with van der Waals surface area (Å²) in [5, 5.41) is 10.2. The van der Waals surface area contributed by atoms with E-state index in [1.54, 1.807) is 0 Å². The molecule has 0 aliphatic carbocycles. The Labute approximate surface area is 88.3 Å². The van der Waals surface area contributed by atoms with Gasteiger partial charge in [-0.05, 0) is 34.7 Å². The van der Waals surface area contributed by atoms with Gasteiger partial charge in [-0.2, -0.15) is 0 Å². The molecule has 1 aliphatic rings. The molecular weight excluding hydrogens is 174 g/mol. The quantitative estimate of drug-likeness (QED) is 0.646. The summed E-state index contributed by atoms with van der Waals surface area (Å²) < 4.78 is 0. The molecule has 0 aromatic rings. The maximum absolute atomic E-state index is 10.2. The number of hydrogen-bond donors (Lipinski definition) is 1. The number of piperidine rings is 1. The second-order valence-electron chi connectivity index (χ2n) is 5.93. The maximum atomic E-state index is 10.2. The van der Waals surface area contributed by atoms with E-state index >= 15 is 0 Å². The number of likely N-dealkylation sites (tertiary alicyclic amines) is 1. The number of aliphatic hydroxyl groups excluding tert-OH is 1. The number of rotatable bonds is 0. The molecular formula is C12H25NO. The van der Waals surface area contributed by atoms with Crippen molar-refractivity contribution in [2.45, 2.75) is 58.7 Å². The average molecular weight is 199 g/mol. The first-order chi connectivity index (χ1) is 6.13. The topological polar surface area (TPSA) is 23.5 Å². The van der Waals surface area contributed by atoms with E-state index in [9.17, 15) is 5.11 Å². The molecule has 0 bridgehead atoms. The Kier molecular flexibility index (Phi) is 2.75. The normalized spacial score (nSPS) is 42.4. The van der Waals surface area contributed by atoms with Gasteiger partial charge in [0.25, 0.3) is 0 Å². The van der Waals surface area contributed by atoms with E-state index in [0.717, 1.165) is 0 Å². The van der Waals surface area contributed by atoms with Crippen molar-refractivity contribution in [3.8, 4) is 0 Å². The minimum absolute atomic E-state index is 0.0649. The van der Waals surface area contributed by atoms with Gasteiger partial charge >= 0.3 is 0 Å². The van der Waals surface area contributed by atoms with Gasteiger partial charge < -0.3 is 5.11 Å². The van der Waals surface area contributed by atoms with Crippen LogP contribution in [0.4, 0.5) is 0 Å². The fourth-order valence-corrected chi connectivity index (χ4v) is 2.62. The summed E-state index contributed by atoms with van der Waals surface area (Å²) in [5.41, 5.74) is 0.130. The third-order valence-electron chi connectivity index (χ3n) is 4.98. The number of hydrogen-bond acceptors (Lipinski definition) is 2. The third kappa shape index (κ3) is 1.40. The molecule has 2 unspecified atom stereocenters. The molecule has 0 radical (unpaired) electrons. The molecule has 2 nitrogen and oxygen atoms in total. The molecule has 1 aliphatic heterocycles. The number of nitrogens with zero attached hydrogens (tertiary/aromatic N) is 1. The van der Waals surface area contributed by atoms with E-state index in [1.807, 2.05) is 0 Å². The molecule has 2 atom stereocenters. The van der Waals surface area contributed by atoms with Crippen molar-refractivity contribution in [3.05, 3.63) is 0 Å². The molecule has 1 rings (SSSR count). The predicted molar refractivity (Wildman–Crippen MR) is 60.3 cm³/mol. The van der Waals surface area contributed by atoms with Crippen LogP contribution >= 0.6 is 0 Å². The first-order valence-corrected chi connectivity index (χ1v) is 5.55. The molecule has 0 saturated carbocycles. The Morgan fingerprint density at radius 1 is 0.929 bits per heavy atom. The van der Waals surface area contributed by atoms with E-state index in [0.29, 0.717) is 11.8 Å². The molecule has 0 spiro atoms. The highest BCUT2D eigenvalue weighted by molar-refractivity contribution is 5.05. The van der Waals surface area contributed by atoms with Gasteiger partial charge in [0, 0.05) is 22.9 Å². The summed E-state index contributed by atoms with van der Waals surface area (Å²) in [6.07, 6.45) is -0.198. The highest BCUT2D eigenvalue weighted by Gasteiger charge is 2.51. The summed E-state index contributed by atoms with van der Waals surface area (Å²) in [7, 11) is 2.17. The van der Waals surface area contributed by atoms with Crippen LogP contribution in [-0.4, -0.2) is 34.2 Å². The van der Waals surface area contributed by atoms with Crippen LogP contribution < -0.4 is 0 Å². The summed E-state index contributed by atoms with van der Waals surface area (Å²) in [4.78, 5) is 2.40. The minimum Gasteiger partial charge on any atom is -0.392 e. The van der Waals surface area contributed by atoms with Crippen molar-refractivity contribution in [2.75, 3.05) is 7.05 Å². The summed E-state index contributed by atoms with van der Waals surface area (Å²) in [6, 6.07) is 0. The van der Waals surface area contributed by atoms with Gasteiger partial charge in [-0.15, -0.1) is 0 Å². The van der Waals surface area contributed by atoms with Gasteiger partial charge in [-0.3, -0.25) is 4.90 Å². The van der Waals surface area contributed by atoms with Crippen molar-refractivity contribution < 1.29 is 5.11 Å². The minimum atomic E-state index is -0.198. The third-order valence-corrected chi connectivity index (χ3v) is 4.98. The highest BCUT2D eigenvalue weighted by atomic mass is 16.3. The van der Waals surface area contributed by atoms with Crippen LogP contribution in [0.2, 0.25) is 0 Å². The lowest BCUT2D eigenvalue weighted by Gasteiger charge is -2.59. The van der Waals surface area contributed by atoms with Gasteiger partial charge in [0.1, 0.15) is 0 Å². The molecule has 1 N–H and O–H groups in total. The van der Waals surface area contributed by atoms with Gasteiger partial charge in [-0.25, -0.2) is 0 Å². The standard InChI is InChI=1S/C12H25NO/c1-8-10(14)9(2)12(5,6)13(7)11(8,3)4/h8-10,14H,1-7H3. The monoisotopic (exact) mass is 199 g/mol. The van der Waals surface area contributed by atoms with Crippen LogP contribution in [0.3, 0.4) is 0 Å². The van der Waals surface area contributed by atoms with Crippen LogP contribution in [-0.2, 0) is 0 Å². The van der Waals surface area contributed by atoms with Crippen molar-refractivity contribution in [1.82, 2.24) is 4.90 Å². The second kappa shape index (κ2) is 3.21. The molecule has 1 heterocycles. The van der Waals surface area contributed by atoms with Crippen LogP contribution in [0.5, 0.6) is 0 Å². The molecule has 1 fully saturated rings. The van der Waals surface area contributed by atoms with Crippen LogP contribution in [0.1, 0.15) is 41.5 Å². The van der Waals surface area contributed by atoms with E-state index in [1.165, 1.54) is 0 Å². The molecule has 1 saturated heterocycles. The fraction of sp³-hybridized carbons (Fsp3) is 1.00. The summed E-state index contributed by atoms with van der Waals surface area (Å²) >= 11 is 0. The van der Waals surface area contributed by atoms with Gasteiger partial charge in [0.05, 0.1) is 6.10 Å². The molecule has 84 valence electrons. The van der Waals surface area contributed by atoms with Crippen LogP contribution in [0, 0.1) is 11.8 Å². The number of aliphatic hydroxyl groups is 1. The van der Waals surface area contributed by atoms with Gasteiger partial charge in [0.15, 0.2) is 0 Å². The summed E-state index contributed by atoms with van der Waals surface area (Å²) in [5.74, 6) is 0.631. The van der Waals surface area contributed by atoms with E-state index in [-0.39, 0.29) is 17.2 Å². The SMILES string of the molecule is CC1C(O)C(C)C(C)(C)N(C)C1(C)C. The second-order valence-corrected chi connectivity index (χ2v) is 5.93. The smallest absolute Gasteiger partial charge is 0.0626 e. The zero-order valence-corrected chi connectivity index (χ0v) is 10.6. The van der Waals surface area contributed by atoms with Crippen molar-refractivity contribution in [3.63, 3.8) is 0 Å². The van der Waals surface area contributed by atoms with Gasteiger partial charge in [0.2, 0.25) is 0 Å². The maximum Gasteiger partial charge on any atom is 0.0626 e. The van der Waals surface area contributed by atoms with Crippen LogP contribution in [0.15, 0.2) is 0 Å². The van der Waals surface area contributed by atoms with Crippen LogP contribution in [0.25, 0.3) is 0 Å². The lowest BCUT2D eigenvalue weighted by Crippen LogP contribution is -2.68. The van der Waals surface area contributed by atoms with Crippen molar-refractivity contribution in [1.29, 1.82) is 0 Å². The highest BCUT2D eigenvalue weighted by Crippen LogP contribution is 2.43. The fourth-order valence-electron chi connectivity index (χ4n) is 2.62. The Balaban J connectivity index is 3.09. The zero-order valence-electron chi connectivity index (χ0n) is 10.6. The Hall–Kier alpha value is -0.0800. The van der Waals surface area contributed by atoms with Crippen molar-refractivity contribution in [2.24, 2.45) is 11.8 Å². The van der Waals surface area contributed by atoms with E-state index in [4.69, 9.17) is 0 Å². The van der Waals surface area contributed by atoms with E-state index < -0.39 is 0 Å². The Morgan fingerprint density at radius 3 is 1.50 bits per heavy atom. The largest absolute Gasteiger partial charge is 0.392 e. The van der Waals surface area contributed by atoms with E-state index in [2.05, 4.69) is 53.5 Å². The average Bonchev–Trinajstić information content (AvgIpc) is 2.11. The first kappa shape index (κ1) is 12.0. The molecule has 2 heteroatoms. The van der Waals surface area contributed by atoms with Gasteiger partial charge in [-0.1, -0.05) is 13.8 Å². The lowest BCUT2D eigenvalue weighted by atomic mass is 9.66. The molecule has 0 aromatic carbocycles.